The standard InChI is InChI=1S/C10H10N2O/c1-3-4-5-10(13)9-7-11-8(2)6-12-9/h1,6-7H,4-5H2,2H3. The summed E-state index contributed by atoms with van der Waals surface area (Å²) in [4.78, 5) is 19.2. The second-order valence-corrected chi connectivity index (χ2v) is 2.67. The van der Waals surface area contributed by atoms with Crippen LogP contribution in [0.3, 0.4) is 0 Å². The number of Topliss-reactive ketones (excluding diaryl/α,β-unsaturated/α-hetero) is 1. The lowest BCUT2D eigenvalue weighted by Gasteiger charge is -1.96. The van der Waals surface area contributed by atoms with Crippen LogP contribution >= 0.6 is 0 Å². The monoisotopic (exact) mass is 174 g/mol. The van der Waals surface area contributed by atoms with Crippen molar-refractivity contribution in [1.29, 1.82) is 0 Å². The van der Waals surface area contributed by atoms with Gasteiger partial charge in [0.2, 0.25) is 0 Å². The van der Waals surface area contributed by atoms with Crippen molar-refractivity contribution in [2.45, 2.75) is 19.8 Å². The highest BCUT2D eigenvalue weighted by atomic mass is 16.1. The van der Waals surface area contributed by atoms with Crippen molar-refractivity contribution in [3.05, 3.63) is 23.8 Å². The van der Waals surface area contributed by atoms with Gasteiger partial charge in [0, 0.05) is 19.0 Å². The second-order valence-electron chi connectivity index (χ2n) is 2.67. The maximum atomic E-state index is 11.3. The van der Waals surface area contributed by atoms with Crippen LogP contribution < -0.4 is 0 Å². The van der Waals surface area contributed by atoms with Gasteiger partial charge in [0.25, 0.3) is 0 Å². The van der Waals surface area contributed by atoms with E-state index in [0.29, 0.717) is 18.5 Å². The number of ketones is 1. The number of aromatic nitrogens is 2. The number of carbonyl (C=O) groups is 1. The topological polar surface area (TPSA) is 42.9 Å². The van der Waals surface area contributed by atoms with Crippen molar-refractivity contribution in [3.63, 3.8) is 0 Å². The summed E-state index contributed by atoms with van der Waals surface area (Å²) in [5.74, 6) is 2.36. The molecule has 0 spiro atoms. The third kappa shape index (κ3) is 2.68. The minimum Gasteiger partial charge on any atom is -0.292 e. The first-order chi connectivity index (χ1) is 6.24. The molecular formula is C10H10N2O. The second kappa shape index (κ2) is 4.36. The third-order valence-corrected chi connectivity index (χ3v) is 1.56. The summed E-state index contributed by atoms with van der Waals surface area (Å²) in [7, 11) is 0. The van der Waals surface area contributed by atoms with Gasteiger partial charge in [-0.05, 0) is 6.92 Å². The average Bonchev–Trinajstić information content (AvgIpc) is 2.15. The van der Waals surface area contributed by atoms with Gasteiger partial charge in [0.15, 0.2) is 5.78 Å². The Bertz CT molecular complexity index is 335. The fourth-order valence-electron chi connectivity index (χ4n) is 0.850. The molecule has 0 bridgehead atoms. The molecule has 1 aromatic rings. The number of carbonyl (C=O) groups excluding carboxylic acids is 1. The summed E-state index contributed by atoms with van der Waals surface area (Å²) in [6.07, 6.45) is 8.89. The fourth-order valence-corrected chi connectivity index (χ4v) is 0.850. The van der Waals surface area contributed by atoms with Crippen molar-refractivity contribution in [2.75, 3.05) is 0 Å². The van der Waals surface area contributed by atoms with Crippen LogP contribution in [0.15, 0.2) is 12.4 Å². The van der Waals surface area contributed by atoms with Gasteiger partial charge in [0.1, 0.15) is 5.69 Å². The van der Waals surface area contributed by atoms with Gasteiger partial charge in [-0.25, -0.2) is 4.98 Å². The first-order valence-electron chi connectivity index (χ1n) is 3.99. The largest absolute Gasteiger partial charge is 0.292 e. The van der Waals surface area contributed by atoms with Crippen LogP contribution in [-0.2, 0) is 0 Å². The molecule has 1 aromatic heterocycles. The summed E-state index contributed by atoms with van der Waals surface area (Å²) in [5, 5.41) is 0. The molecule has 0 radical (unpaired) electrons. The summed E-state index contributed by atoms with van der Waals surface area (Å²) in [6, 6.07) is 0. The molecule has 0 aromatic carbocycles. The zero-order valence-corrected chi connectivity index (χ0v) is 7.45. The number of aryl methyl sites for hydroxylation is 1. The Hall–Kier alpha value is -1.69. The highest BCUT2D eigenvalue weighted by molar-refractivity contribution is 5.93. The maximum Gasteiger partial charge on any atom is 0.183 e. The van der Waals surface area contributed by atoms with Gasteiger partial charge in [-0.15, -0.1) is 12.3 Å². The fraction of sp³-hybridized carbons (Fsp3) is 0.300. The average molecular weight is 174 g/mol. The number of terminal acetylenes is 1. The molecule has 66 valence electrons. The van der Waals surface area contributed by atoms with Crippen LogP contribution in [0, 0.1) is 19.3 Å². The van der Waals surface area contributed by atoms with Crippen LogP contribution in [0.5, 0.6) is 0 Å². The van der Waals surface area contributed by atoms with Gasteiger partial charge in [-0.1, -0.05) is 0 Å². The van der Waals surface area contributed by atoms with Crippen molar-refractivity contribution in [1.82, 2.24) is 9.97 Å². The molecule has 0 amide bonds. The van der Waals surface area contributed by atoms with Gasteiger partial charge < -0.3 is 0 Å². The Morgan fingerprint density at radius 3 is 2.85 bits per heavy atom. The van der Waals surface area contributed by atoms with Crippen LogP contribution in [0.2, 0.25) is 0 Å². The van der Waals surface area contributed by atoms with E-state index in [1.807, 2.05) is 6.92 Å². The van der Waals surface area contributed by atoms with Crippen LogP contribution in [-0.4, -0.2) is 15.8 Å². The molecule has 0 N–H and O–H groups in total. The molecule has 0 saturated carbocycles. The highest BCUT2D eigenvalue weighted by Gasteiger charge is 2.05. The SMILES string of the molecule is C#CCCC(=O)c1cnc(C)cn1. The van der Waals surface area contributed by atoms with Crippen LogP contribution in [0.25, 0.3) is 0 Å². The molecule has 13 heavy (non-hydrogen) atoms. The van der Waals surface area contributed by atoms with Gasteiger partial charge in [-0.3, -0.25) is 9.78 Å². The van der Waals surface area contributed by atoms with Crippen LogP contribution in [0.4, 0.5) is 0 Å². The Kier molecular flexibility index (Phi) is 3.15. The summed E-state index contributed by atoms with van der Waals surface area (Å²) >= 11 is 0. The molecule has 0 fully saturated rings. The lowest BCUT2D eigenvalue weighted by Crippen LogP contribution is -2.02. The van der Waals surface area contributed by atoms with E-state index in [1.165, 1.54) is 6.20 Å². The van der Waals surface area contributed by atoms with E-state index in [-0.39, 0.29) is 5.78 Å². The molecular weight excluding hydrogens is 164 g/mol. The predicted molar refractivity (Wildman–Crippen MR) is 49.2 cm³/mol. The van der Waals surface area contributed by atoms with E-state index in [2.05, 4.69) is 15.9 Å². The minimum atomic E-state index is -0.0505. The normalized spacial score (nSPS) is 9.23. The molecule has 0 saturated heterocycles. The zero-order chi connectivity index (χ0) is 9.68. The molecule has 3 nitrogen and oxygen atoms in total. The van der Waals surface area contributed by atoms with Crippen molar-refractivity contribution >= 4 is 5.78 Å². The lowest BCUT2D eigenvalue weighted by molar-refractivity contribution is 0.0979. The van der Waals surface area contributed by atoms with Gasteiger partial charge in [0.05, 0.1) is 11.9 Å². The van der Waals surface area contributed by atoms with Crippen LogP contribution in [0.1, 0.15) is 29.0 Å². The first-order valence-corrected chi connectivity index (χ1v) is 3.99. The van der Waals surface area contributed by atoms with Gasteiger partial charge in [-0.2, -0.15) is 0 Å². The number of hydrogen-bond acceptors (Lipinski definition) is 3. The van der Waals surface area contributed by atoms with E-state index >= 15 is 0 Å². The van der Waals surface area contributed by atoms with E-state index in [9.17, 15) is 4.79 Å². The van der Waals surface area contributed by atoms with Gasteiger partial charge >= 0.3 is 0 Å². The molecule has 0 atom stereocenters. The highest BCUT2D eigenvalue weighted by Crippen LogP contribution is 2.00. The van der Waals surface area contributed by atoms with E-state index in [1.54, 1.807) is 6.20 Å². The van der Waals surface area contributed by atoms with E-state index in [4.69, 9.17) is 6.42 Å². The van der Waals surface area contributed by atoms with E-state index in [0.717, 1.165) is 5.69 Å². The molecule has 0 aliphatic carbocycles. The van der Waals surface area contributed by atoms with Crippen molar-refractivity contribution in [3.8, 4) is 12.3 Å². The maximum absolute atomic E-state index is 11.3. The quantitative estimate of drug-likeness (QED) is 0.513. The molecule has 0 aliphatic heterocycles. The van der Waals surface area contributed by atoms with Crippen molar-refractivity contribution in [2.24, 2.45) is 0 Å². The number of hydrogen-bond donors (Lipinski definition) is 0. The Labute approximate surface area is 77.2 Å². The Morgan fingerprint density at radius 1 is 1.54 bits per heavy atom. The molecule has 0 unspecified atom stereocenters. The molecule has 3 heteroatoms. The predicted octanol–water partition coefficient (Wildman–Crippen LogP) is 1.38. The number of rotatable bonds is 3. The molecule has 1 heterocycles. The molecule has 0 aliphatic rings. The van der Waals surface area contributed by atoms with E-state index < -0.39 is 0 Å². The zero-order valence-electron chi connectivity index (χ0n) is 7.45. The first kappa shape index (κ1) is 9.40. The summed E-state index contributed by atoms with van der Waals surface area (Å²) in [6.45, 7) is 1.82. The Morgan fingerprint density at radius 2 is 2.31 bits per heavy atom. The summed E-state index contributed by atoms with van der Waals surface area (Å²) in [5.41, 5.74) is 1.19. The third-order valence-electron chi connectivity index (χ3n) is 1.56. The van der Waals surface area contributed by atoms with Crippen molar-refractivity contribution < 1.29 is 4.79 Å². The smallest absolute Gasteiger partial charge is 0.183 e. The Balaban J connectivity index is 2.68. The summed E-state index contributed by atoms with van der Waals surface area (Å²) < 4.78 is 0. The molecule has 1 rings (SSSR count). The minimum absolute atomic E-state index is 0.0505. The lowest BCUT2D eigenvalue weighted by atomic mass is 10.2. The number of nitrogens with zero attached hydrogens (tertiary/aromatic N) is 2.